The molecule has 8 heteroatoms. The number of morpholine rings is 1. The van der Waals surface area contributed by atoms with Gasteiger partial charge < -0.3 is 14.2 Å². The van der Waals surface area contributed by atoms with Crippen LogP contribution in [-0.4, -0.2) is 50.6 Å². The molecule has 8 nitrogen and oxygen atoms in total. The van der Waals surface area contributed by atoms with Gasteiger partial charge in [-0.2, -0.15) is 4.98 Å². The van der Waals surface area contributed by atoms with E-state index < -0.39 is 6.10 Å². The van der Waals surface area contributed by atoms with E-state index >= 15 is 0 Å². The Kier molecular flexibility index (Phi) is 4.17. The van der Waals surface area contributed by atoms with E-state index in [9.17, 15) is 4.79 Å². The Bertz CT molecular complexity index is 853. The van der Waals surface area contributed by atoms with Crippen molar-refractivity contribution in [3.05, 3.63) is 60.2 Å². The molecule has 0 N–H and O–H groups in total. The van der Waals surface area contributed by atoms with Gasteiger partial charge in [0.05, 0.1) is 13.2 Å². The van der Waals surface area contributed by atoms with E-state index in [1.807, 2.05) is 18.2 Å². The second kappa shape index (κ2) is 6.78. The van der Waals surface area contributed by atoms with Crippen LogP contribution >= 0.6 is 0 Å². The Hall–Kier alpha value is -3.13. The molecule has 126 valence electrons. The third-order valence-corrected chi connectivity index (χ3v) is 3.86. The van der Waals surface area contributed by atoms with Crippen LogP contribution in [0.3, 0.4) is 0 Å². The summed E-state index contributed by atoms with van der Waals surface area (Å²) in [5.41, 5.74) is 0.645. The highest BCUT2D eigenvalue weighted by Crippen LogP contribution is 2.23. The molecule has 0 bridgehead atoms. The largest absolute Gasteiger partial charge is 0.365 e. The van der Waals surface area contributed by atoms with Crippen molar-refractivity contribution in [3.8, 4) is 11.6 Å². The number of carbonyl (C=O) groups excluding carboxylic acids is 1. The summed E-state index contributed by atoms with van der Waals surface area (Å²) in [7, 11) is 0. The number of rotatable bonds is 3. The van der Waals surface area contributed by atoms with Gasteiger partial charge in [-0.25, -0.2) is 9.97 Å². The van der Waals surface area contributed by atoms with Crippen molar-refractivity contribution in [1.29, 1.82) is 0 Å². The molecule has 4 rings (SSSR count). The molecule has 25 heavy (non-hydrogen) atoms. The summed E-state index contributed by atoms with van der Waals surface area (Å²) >= 11 is 0. The van der Waals surface area contributed by atoms with Gasteiger partial charge in [0.25, 0.3) is 11.8 Å². The first-order valence-electron chi connectivity index (χ1n) is 7.88. The second-order valence-corrected chi connectivity index (χ2v) is 5.51. The van der Waals surface area contributed by atoms with Crippen LogP contribution in [0.1, 0.15) is 22.4 Å². The molecule has 3 aromatic rings. The second-order valence-electron chi connectivity index (χ2n) is 5.51. The van der Waals surface area contributed by atoms with Crippen molar-refractivity contribution in [3.63, 3.8) is 0 Å². The Morgan fingerprint density at radius 2 is 1.88 bits per heavy atom. The van der Waals surface area contributed by atoms with Gasteiger partial charge in [-0.1, -0.05) is 23.4 Å². The lowest BCUT2D eigenvalue weighted by molar-refractivity contribution is -0.0367. The summed E-state index contributed by atoms with van der Waals surface area (Å²) in [5, 5.41) is 3.90. The van der Waals surface area contributed by atoms with Crippen LogP contribution in [0.4, 0.5) is 0 Å². The average molecular weight is 337 g/mol. The lowest BCUT2D eigenvalue weighted by atomic mass is 10.1. The third kappa shape index (κ3) is 3.24. The van der Waals surface area contributed by atoms with Crippen molar-refractivity contribution in [2.24, 2.45) is 0 Å². The first-order chi connectivity index (χ1) is 12.3. The molecule has 1 amide bonds. The molecular weight excluding hydrogens is 322 g/mol. The molecule has 1 saturated heterocycles. The van der Waals surface area contributed by atoms with Gasteiger partial charge >= 0.3 is 0 Å². The van der Waals surface area contributed by atoms with Crippen molar-refractivity contribution in [2.45, 2.75) is 6.10 Å². The molecule has 0 radical (unpaired) electrons. The number of benzene rings is 1. The molecular formula is C17H15N5O3. The Balaban J connectivity index is 1.50. The highest BCUT2D eigenvalue weighted by atomic mass is 16.5. The minimum absolute atomic E-state index is 0.0416. The van der Waals surface area contributed by atoms with Gasteiger partial charge in [-0.3, -0.25) is 4.79 Å². The Morgan fingerprint density at radius 3 is 2.68 bits per heavy atom. The van der Waals surface area contributed by atoms with Crippen LogP contribution in [0.15, 0.2) is 53.3 Å². The van der Waals surface area contributed by atoms with E-state index in [4.69, 9.17) is 9.26 Å². The van der Waals surface area contributed by atoms with Gasteiger partial charge in [0, 0.05) is 24.5 Å². The van der Waals surface area contributed by atoms with Gasteiger partial charge in [0.1, 0.15) is 0 Å². The maximum Gasteiger partial charge on any atom is 0.258 e. The minimum Gasteiger partial charge on any atom is -0.365 e. The van der Waals surface area contributed by atoms with E-state index in [2.05, 4.69) is 20.1 Å². The number of hydrogen-bond donors (Lipinski definition) is 0. The SMILES string of the molecule is O=C(c1ccccc1)N1CCO[C@@H](c2nc(-c3ncccn3)no2)C1. The average Bonchev–Trinajstić information content (AvgIpc) is 3.19. The zero-order valence-electron chi connectivity index (χ0n) is 13.3. The maximum absolute atomic E-state index is 12.6. The number of nitrogens with zero attached hydrogens (tertiary/aromatic N) is 5. The van der Waals surface area contributed by atoms with Crippen molar-refractivity contribution in [2.75, 3.05) is 19.7 Å². The number of carbonyl (C=O) groups is 1. The quantitative estimate of drug-likeness (QED) is 0.718. The van der Waals surface area contributed by atoms with Crippen LogP contribution in [0.25, 0.3) is 11.6 Å². The fourth-order valence-corrected chi connectivity index (χ4v) is 2.62. The van der Waals surface area contributed by atoms with E-state index in [-0.39, 0.29) is 5.91 Å². The van der Waals surface area contributed by atoms with Crippen molar-refractivity contribution >= 4 is 5.91 Å². The topological polar surface area (TPSA) is 94.2 Å². The first-order valence-corrected chi connectivity index (χ1v) is 7.88. The van der Waals surface area contributed by atoms with E-state index in [0.717, 1.165) is 0 Å². The molecule has 1 aliphatic rings. The standard InChI is InChI=1S/C17H15N5O3/c23-17(12-5-2-1-3-6-12)22-9-10-24-13(11-22)16-20-15(21-25-16)14-18-7-4-8-19-14/h1-8,13H,9-11H2/t13-/m1/s1. The zero-order chi connectivity index (χ0) is 17.1. The fourth-order valence-electron chi connectivity index (χ4n) is 2.62. The summed E-state index contributed by atoms with van der Waals surface area (Å²) in [4.78, 5) is 26.8. The lowest BCUT2D eigenvalue weighted by Gasteiger charge is -2.31. The predicted octanol–water partition coefficient (Wildman–Crippen LogP) is 1.74. The first kappa shape index (κ1) is 15.4. The molecule has 1 aromatic carbocycles. The van der Waals surface area contributed by atoms with Crippen LogP contribution in [0.2, 0.25) is 0 Å². The number of amides is 1. The summed E-state index contributed by atoms with van der Waals surface area (Å²) in [5.74, 6) is 0.948. The Labute approximate surface area is 143 Å². The Morgan fingerprint density at radius 1 is 1.08 bits per heavy atom. The summed E-state index contributed by atoms with van der Waals surface area (Å²) in [6.45, 7) is 1.28. The van der Waals surface area contributed by atoms with Crippen LogP contribution < -0.4 is 0 Å². The maximum atomic E-state index is 12.6. The van der Waals surface area contributed by atoms with E-state index in [1.54, 1.807) is 35.5 Å². The molecule has 1 aliphatic heterocycles. The zero-order valence-corrected chi connectivity index (χ0v) is 13.3. The number of ether oxygens (including phenoxy) is 1. The highest BCUT2D eigenvalue weighted by molar-refractivity contribution is 5.94. The summed E-state index contributed by atoms with van der Waals surface area (Å²) in [6.07, 6.45) is 2.75. The van der Waals surface area contributed by atoms with Gasteiger partial charge in [0.2, 0.25) is 11.6 Å². The molecule has 0 saturated carbocycles. The van der Waals surface area contributed by atoms with Gasteiger partial charge in [0.15, 0.2) is 6.10 Å². The lowest BCUT2D eigenvalue weighted by Crippen LogP contribution is -2.42. The van der Waals surface area contributed by atoms with E-state index in [1.165, 1.54) is 0 Å². The summed E-state index contributed by atoms with van der Waals surface area (Å²) in [6, 6.07) is 10.9. The van der Waals surface area contributed by atoms with Gasteiger partial charge in [-0.05, 0) is 18.2 Å². The normalized spacial score (nSPS) is 17.4. The van der Waals surface area contributed by atoms with Crippen LogP contribution in [-0.2, 0) is 4.74 Å². The van der Waals surface area contributed by atoms with Crippen LogP contribution in [0.5, 0.6) is 0 Å². The molecule has 0 unspecified atom stereocenters. The monoisotopic (exact) mass is 337 g/mol. The van der Waals surface area contributed by atoms with Crippen molar-refractivity contribution < 1.29 is 14.1 Å². The third-order valence-electron chi connectivity index (χ3n) is 3.86. The molecule has 0 spiro atoms. The predicted molar refractivity (Wildman–Crippen MR) is 86.4 cm³/mol. The van der Waals surface area contributed by atoms with Crippen molar-refractivity contribution in [1.82, 2.24) is 25.0 Å². The minimum atomic E-state index is -0.466. The fraction of sp³-hybridized carbons (Fsp3) is 0.235. The van der Waals surface area contributed by atoms with Gasteiger partial charge in [-0.15, -0.1) is 0 Å². The molecule has 3 heterocycles. The molecule has 1 atom stereocenters. The molecule has 2 aromatic heterocycles. The van der Waals surface area contributed by atoms with E-state index in [0.29, 0.717) is 42.8 Å². The molecule has 0 aliphatic carbocycles. The molecule has 1 fully saturated rings. The summed E-state index contributed by atoms with van der Waals surface area (Å²) < 4.78 is 11.0. The number of aromatic nitrogens is 4. The van der Waals surface area contributed by atoms with Crippen LogP contribution in [0, 0.1) is 0 Å². The smallest absolute Gasteiger partial charge is 0.258 e. The highest BCUT2D eigenvalue weighted by Gasteiger charge is 2.30. The number of hydrogen-bond acceptors (Lipinski definition) is 7.